The van der Waals surface area contributed by atoms with E-state index in [-0.39, 0.29) is 24.1 Å². The van der Waals surface area contributed by atoms with Crippen LogP contribution in [0.15, 0.2) is 18.5 Å². The van der Waals surface area contributed by atoms with Crippen LogP contribution in [0.1, 0.15) is 32.6 Å². The number of ether oxygens (including phenoxy) is 4. The Labute approximate surface area is 199 Å². The third kappa shape index (κ3) is 6.85. The maximum atomic E-state index is 12.3. The lowest BCUT2D eigenvalue weighted by molar-refractivity contribution is -0.115. The first-order chi connectivity index (χ1) is 16.6. The summed E-state index contributed by atoms with van der Waals surface area (Å²) in [5, 5.41) is 11.0. The van der Waals surface area contributed by atoms with E-state index >= 15 is 0 Å². The highest BCUT2D eigenvalue weighted by atomic mass is 16.5. The molecule has 0 saturated carbocycles. The number of nitrogens with one attached hydrogen (secondary N) is 2. The highest BCUT2D eigenvalue weighted by molar-refractivity contribution is 6.08. The summed E-state index contributed by atoms with van der Waals surface area (Å²) >= 11 is 0. The monoisotopic (exact) mass is 471 g/mol. The minimum Gasteiger partial charge on any atom is -0.493 e. The van der Waals surface area contributed by atoms with Gasteiger partial charge in [-0.1, -0.05) is 0 Å². The standard InChI is InChI=1S/C24H33N5O5/c1-17(25)13-22(30)28-24-23-20(26-16-27-24)14-19(15-21(23)34-18-3-9-31-10-4-18)33-8-2-5-29-6-11-32-12-7-29/h14-16,18,25H,2-13H2,1H3,(H,26,27,28,30). The van der Waals surface area contributed by atoms with Crippen LogP contribution in [0.2, 0.25) is 0 Å². The second kappa shape index (κ2) is 12.0. The Hall–Kier alpha value is -2.82. The third-order valence-electron chi connectivity index (χ3n) is 5.81. The van der Waals surface area contributed by atoms with Crippen LogP contribution >= 0.6 is 0 Å². The predicted octanol–water partition coefficient (Wildman–Crippen LogP) is 2.66. The molecule has 34 heavy (non-hydrogen) atoms. The second-order valence-corrected chi connectivity index (χ2v) is 8.63. The summed E-state index contributed by atoms with van der Waals surface area (Å²) in [6.07, 6.45) is 3.90. The zero-order chi connectivity index (χ0) is 23.8. The van der Waals surface area contributed by atoms with E-state index in [1.54, 1.807) is 6.92 Å². The number of morpholine rings is 1. The summed E-state index contributed by atoms with van der Waals surface area (Å²) in [7, 11) is 0. The summed E-state index contributed by atoms with van der Waals surface area (Å²) in [6, 6.07) is 3.70. The second-order valence-electron chi connectivity index (χ2n) is 8.63. The summed E-state index contributed by atoms with van der Waals surface area (Å²) in [5.41, 5.74) is 0.909. The number of rotatable bonds is 10. The van der Waals surface area contributed by atoms with E-state index in [4.69, 9.17) is 24.4 Å². The van der Waals surface area contributed by atoms with Gasteiger partial charge in [-0.2, -0.15) is 0 Å². The Morgan fingerprint density at radius 3 is 2.71 bits per heavy atom. The van der Waals surface area contributed by atoms with Crippen molar-refractivity contribution in [3.63, 3.8) is 0 Å². The fourth-order valence-electron chi connectivity index (χ4n) is 4.09. The lowest BCUT2D eigenvalue weighted by atomic mass is 10.1. The third-order valence-corrected chi connectivity index (χ3v) is 5.81. The molecule has 0 bridgehead atoms. The van der Waals surface area contributed by atoms with Gasteiger partial charge < -0.3 is 29.7 Å². The minimum absolute atomic E-state index is 0.00102. The zero-order valence-corrected chi connectivity index (χ0v) is 19.7. The van der Waals surface area contributed by atoms with Gasteiger partial charge in [0.15, 0.2) is 0 Å². The van der Waals surface area contributed by atoms with E-state index in [2.05, 4.69) is 20.2 Å². The predicted molar refractivity (Wildman–Crippen MR) is 128 cm³/mol. The molecule has 2 fully saturated rings. The summed E-state index contributed by atoms with van der Waals surface area (Å²) in [6.45, 7) is 7.94. The van der Waals surface area contributed by atoms with Gasteiger partial charge in [-0.3, -0.25) is 9.69 Å². The maximum absolute atomic E-state index is 12.3. The molecule has 10 nitrogen and oxygen atoms in total. The highest BCUT2D eigenvalue weighted by Crippen LogP contribution is 2.36. The summed E-state index contributed by atoms with van der Waals surface area (Å²) < 4.78 is 23.3. The van der Waals surface area contributed by atoms with Crippen molar-refractivity contribution < 1.29 is 23.7 Å². The Morgan fingerprint density at radius 2 is 1.94 bits per heavy atom. The highest BCUT2D eigenvalue weighted by Gasteiger charge is 2.21. The molecule has 1 aromatic carbocycles. The van der Waals surface area contributed by atoms with Crippen molar-refractivity contribution in [1.29, 1.82) is 5.41 Å². The number of anilines is 1. The van der Waals surface area contributed by atoms with E-state index in [1.165, 1.54) is 6.33 Å². The van der Waals surface area contributed by atoms with Gasteiger partial charge in [-0.05, 0) is 13.3 Å². The molecule has 10 heteroatoms. The molecule has 4 rings (SSSR count). The number of amides is 1. The average Bonchev–Trinajstić information content (AvgIpc) is 2.82. The molecule has 0 unspecified atom stereocenters. The van der Waals surface area contributed by atoms with E-state index in [9.17, 15) is 4.79 Å². The number of carbonyl (C=O) groups is 1. The normalized spacial score (nSPS) is 17.4. The van der Waals surface area contributed by atoms with Crippen LogP contribution in [0.3, 0.4) is 0 Å². The van der Waals surface area contributed by atoms with Crippen molar-refractivity contribution in [2.75, 3.05) is 58.0 Å². The average molecular weight is 472 g/mol. The number of aromatic nitrogens is 2. The van der Waals surface area contributed by atoms with Crippen LogP contribution in [0.5, 0.6) is 11.5 Å². The molecule has 2 N–H and O–H groups in total. The van der Waals surface area contributed by atoms with E-state index in [0.29, 0.717) is 48.0 Å². The van der Waals surface area contributed by atoms with Crippen LogP contribution in [0.25, 0.3) is 10.9 Å². The van der Waals surface area contributed by atoms with Gasteiger partial charge in [0, 0.05) is 50.3 Å². The largest absolute Gasteiger partial charge is 0.493 e. The van der Waals surface area contributed by atoms with Crippen LogP contribution in [0, 0.1) is 5.41 Å². The Bertz CT molecular complexity index is 989. The zero-order valence-electron chi connectivity index (χ0n) is 19.7. The fraction of sp³-hybridized carbons (Fsp3) is 0.583. The molecule has 184 valence electrons. The van der Waals surface area contributed by atoms with Gasteiger partial charge in [0.25, 0.3) is 0 Å². The molecule has 2 aromatic rings. The number of benzene rings is 1. The molecule has 0 atom stereocenters. The van der Waals surface area contributed by atoms with Gasteiger partial charge in [0.2, 0.25) is 5.91 Å². The topological polar surface area (TPSA) is 119 Å². The first kappa shape index (κ1) is 24.3. The van der Waals surface area contributed by atoms with Crippen molar-refractivity contribution >= 4 is 28.3 Å². The first-order valence-electron chi connectivity index (χ1n) is 11.9. The Kier molecular flexibility index (Phi) is 8.62. The van der Waals surface area contributed by atoms with Crippen molar-refractivity contribution in [1.82, 2.24) is 14.9 Å². The van der Waals surface area contributed by atoms with Gasteiger partial charge >= 0.3 is 0 Å². The van der Waals surface area contributed by atoms with Gasteiger partial charge in [0.05, 0.1) is 50.4 Å². The van der Waals surface area contributed by atoms with Crippen molar-refractivity contribution in [2.45, 2.75) is 38.7 Å². The number of nitrogens with zero attached hydrogens (tertiary/aromatic N) is 3. The van der Waals surface area contributed by atoms with Gasteiger partial charge in [0.1, 0.15) is 29.7 Å². The molecule has 1 amide bonds. The molecule has 0 radical (unpaired) electrons. The molecule has 2 saturated heterocycles. The van der Waals surface area contributed by atoms with E-state index < -0.39 is 0 Å². The number of carbonyl (C=O) groups excluding carboxylic acids is 1. The van der Waals surface area contributed by atoms with Crippen LogP contribution in [0.4, 0.5) is 5.82 Å². The van der Waals surface area contributed by atoms with Crippen LogP contribution in [-0.2, 0) is 14.3 Å². The molecular formula is C24H33N5O5. The lowest BCUT2D eigenvalue weighted by Crippen LogP contribution is -2.37. The molecule has 1 aromatic heterocycles. The molecule has 0 aliphatic carbocycles. The SMILES string of the molecule is CC(=N)CC(=O)Nc1ncnc2cc(OCCCN3CCOCC3)cc(OC3CCOCC3)c12. The molecular weight excluding hydrogens is 438 g/mol. The van der Waals surface area contributed by atoms with Gasteiger partial charge in [-0.25, -0.2) is 9.97 Å². The number of hydrogen-bond acceptors (Lipinski definition) is 9. The summed E-state index contributed by atoms with van der Waals surface area (Å²) in [5.74, 6) is 1.32. The van der Waals surface area contributed by atoms with Crippen molar-refractivity contribution in [3.05, 3.63) is 18.5 Å². The number of hydrogen-bond donors (Lipinski definition) is 2. The smallest absolute Gasteiger partial charge is 0.231 e. The number of fused-ring (bicyclic) bond motifs is 1. The van der Waals surface area contributed by atoms with Crippen molar-refractivity contribution in [3.8, 4) is 11.5 Å². The van der Waals surface area contributed by atoms with Crippen molar-refractivity contribution in [2.24, 2.45) is 0 Å². The molecule has 2 aliphatic heterocycles. The molecule has 2 aliphatic rings. The summed E-state index contributed by atoms with van der Waals surface area (Å²) in [4.78, 5) is 23.4. The Balaban J connectivity index is 1.52. The van der Waals surface area contributed by atoms with E-state index in [1.807, 2.05) is 12.1 Å². The first-order valence-corrected chi connectivity index (χ1v) is 11.9. The molecule has 3 heterocycles. The Morgan fingerprint density at radius 1 is 1.18 bits per heavy atom. The van der Waals surface area contributed by atoms with Crippen LogP contribution < -0.4 is 14.8 Å². The lowest BCUT2D eigenvalue weighted by Gasteiger charge is -2.26. The van der Waals surface area contributed by atoms with Crippen LogP contribution in [-0.4, -0.2) is 85.3 Å². The maximum Gasteiger partial charge on any atom is 0.231 e. The molecule has 0 spiro atoms. The van der Waals surface area contributed by atoms with E-state index in [0.717, 1.165) is 52.1 Å². The van der Waals surface area contributed by atoms with Gasteiger partial charge in [-0.15, -0.1) is 0 Å². The quantitative estimate of drug-likeness (QED) is 0.401. The fourth-order valence-corrected chi connectivity index (χ4v) is 4.09. The minimum atomic E-state index is -0.298.